The summed E-state index contributed by atoms with van der Waals surface area (Å²) in [4.78, 5) is 16.3. The van der Waals surface area contributed by atoms with Crippen molar-refractivity contribution in [3.8, 4) is 11.4 Å². The third kappa shape index (κ3) is 4.11. The number of hydrogen-bond acceptors (Lipinski definition) is 5. The van der Waals surface area contributed by atoms with Crippen LogP contribution in [0.3, 0.4) is 0 Å². The molecule has 0 fully saturated rings. The number of hydrazone groups is 1. The highest BCUT2D eigenvalue weighted by Gasteiger charge is 2.24. The van der Waals surface area contributed by atoms with Gasteiger partial charge in [0.15, 0.2) is 0 Å². The number of methoxy groups -OCH3 is 1. The van der Waals surface area contributed by atoms with Crippen LogP contribution in [-0.4, -0.2) is 33.4 Å². The summed E-state index contributed by atoms with van der Waals surface area (Å²) in [7, 11) is 1.67. The van der Waals surface area contributed by atoms with E-state index < -0.39 is 0 Å². The van der Waals surface area contributed by atoms with Gasteiger partial charge in [-0.15, -0.1) is 0 Å². The average molecular weight is 443 g/mol. The van der Waals surface area contributed by atoms with E-state index in [4.69, 9.17) is 4.74 Å². The number of nitrogens with zero attached hydrogens (tertiary/aromatic N) is 3. The highest BCUT2D eigenvalue weighted by atomic mass is 32.2. The Hall–Kier alpha value is -3.58. The molecule has 5 rings (SSSR count). The molecule has 2 heterocycles. The number of carbonyl (C=O) groups is 1. The molecule has 0 aliphatic carbocycles. The lowest BCUT2D eigenvalue weighted by Crippen LogP contribution is -2.28. The molecule has 1 aromatic heterocycles. The Balaban J connectivity index is 1.53. The van der Waals surface area contributed by atoms with Crippen LogP contribution in [0, 0.1) is 0 Å². The summed E-state index contributed by atoms with van der Waals surface area (Å²) in [5.41, 5.74) is 8.88. The summed E-state index contributed by atoms with van der Waals surface area (Å²) in [6, 6.07) is 24.6. The van der Waals surface area contributed by atoms with Gasteiger partial charge in [-0.05, 0) is 41.8 Å². The molecule has 160 valence electrons. The smallest absolute Gasteiger partial charge is 0.299 e. The lowest BCUT2D eigenvalue weighted by molar-refractivity contribution is 0.261. The van der Waals surface area contributed by atoms with Gasteiger partial charge in [0.2, 0.25) is 0 Å². The van der Waals surface area contributed by atoms with E-state index in [1.54, 1.807) is 7.11 Å². The number of amides is 1. The second-order valence-corrected chi connectivity index (χ2v) is 8.55. The topological polar surface area (TPSA) is 68.5 Å². The molecule has 7 heteroatoms. The van der Waals surface area contributed by atoms with Gasteiger partial charge in [0, 0.05) is 17.7 Å². The molecule has 4 aromatic rings. The zero-order valence-corrected chi connectivity index (χ0v) is 18.4. The molecule has 3 aromatic carbocycles. The van der Waals surface area contributed by atoms with Gasteiger partial charge in [-0.1, -0.05) is 54.2 Å². The fraction of sp³-hybridized carbons (Fsp3) is 0.160. The van der Waals surface area contributed by atoms with Crippen LogP contribution in [-0.2, 0) is 6.42 Å². The van der Waals surface area contributed by atoms with E-state index in [-0.39, 0.29) is 11.2 Å². The van der Waals surface area contributed by atoms with Crippen LogP contribution in [0.2, 0.25) is 0 Å². The summed E-state index contributed by atoms with van der Waals surface area (Å²) in [6.45, 7) is 0. The van der Waals surface area contributed by atoms with Crippen molar-refractivity contribution in [2.75, 3.05) is 12.9 Å². The molecule has 1 aliphatic rings. The number of aromatic nitrogens is 2. The number of ether oxygens (including phenoxy) is 1. The van der Waals surface area contributed by atoms with Crippen molar-refractivity contribution >= 4 is 33.7 Å². The summed E-state index contributed by atoms with van der Waals surface area (Å²) >= 11 is 1.26. The zero-order valence-electron chi connectivity index (χ0n) is 17.6. The third-order valence-corrected chi connectivity index (χ3v) is 6.43. The lowest BCUT2D eigenvalue weighted by atomic mass is 9.88. The van der Waals surface area contributed by atoms with Gasteiger partial charge >= 0.3 is 0 Å². The fourth-order valence-electron chi connectivity index (χ4n) is 3.99. The molecule has 1 atom stereocenters. The Kier molecular flexibility index (Phi) is 5.64. The number of rotatable bonds is 6. The van der Waals surface area contributed by atoms with E-state index in [0.29, 0.717) is 5.75 Å². The van der Waals surface area contributed by atoms with Crippen LogP contribution >= 0.6 is 11.8 Å². The maximum atomic E-state index is 11.6. The van der Waals surface area contributed by atoms with Crippen LogP contribution in [0.1, 0.15) is 17.0 Å². The minimum absolute atomic E-state index is 0.0527. The Morgan fingerprint density at radius 1 is 1.09 bits per heavy atom. The predicted molar refractivity (Wildman–Crippen MR) is 129 cm³/mol. The largest absolute Gasteiger partial charge is 0.497 e. The molecule has 1 amide bonds. The number of carbonyl (C=O) groups excluding carboxylic acids is 1. The Labute approximate surface area is 190 Å². The first-order valence-corrected chi connectivity index (χ1v) is 11.3. The van der Waals surface area contributed by atoms with Crippen molar-refractivity contribution < 1.29 is 9.53 Å². The van der Waals surface area contributed by atoms with Crippen LogP contribution in [0.25, 0.3) is 16.7 Å². The van der Waals surface area contributed by atoms with Gasteiger partial charge in [0.25, 0.3) is 5.24 Å². The molecule has 1 unspecified atom stereocenters. The number of thioether (sulfide) groups is 1. The van der Waals surface area contributed by atoms with Gasteiger partial charge in [-0.2, -0.15) is 5.10 Å². The maximum Gasteiger partial charge on any atom is 0.299 e. The summed E-state index contributed by atoms with van der Waals surface area (Å²) in [5, 5.41) is 4.28. The molecule has 0 bridgehead atoms. The van der Waals surface area contributed by atoms with Crippen molar-refractivity contribution in [2.45, 2.75) is 12.3 Å². The minimum atomic E-state index is -0.111. The molecular formula is C25H22N4O2S. The van der Waals surface area contributed by atoms with Gasteiger partial charge in [-0.25, -0.2) is 10.4 Å². The number of hydrogen-bond donors (Lipinski definition) is 1. The first kappa shape index (κ1) is 20.3. The first-order valence-electron chi connectivity index (χ1n) is 10.4. The van der Waals surface area contributed by atoms with Crippen LogP contribution in [0.5, 0.6) is 5.75 Å². The number of benzene rings is 3. The van der Waals surface area contributed by atoms with E-state index in [1.165, 1.54) is 17.3 Å². The third-order valence-electron chi connectivity index (χ3n) is 5.63. The van der Waals surface area contributed by atoms with Gasteiger partial charge in [0.05, 0.1) is 29.5 Å². The SMILES string of the molecule is COc1cccc(-n2cnc3cc(C(Cc4ccccc4)C4=NNC(=O)SC4)ccc32)c1. The highest BCUT2D eigenvalue weighted by molar-refractivity contribution is 8.14. The van der Waals surface area contributed by atoms with E-state index in [9.17, 15) is 4.79 Å². The molecule has 0 saturated heterocycles. The highest BCUT2D eigenvalue weighted by Crippen LogP contribution is 2.30. The molecule has 0 spiro atoms. The quantitative estimate of drug-likeness (QED) is 0.447. The predicted octanol–water partition coefficient (Wildman–Crippen LogP) is 5.17. The number of imidazole rings is 1. The van der Waals surface area contributed by atoms with Crippen LogP contribution in [0.15, 0.2) is 84.2 Å². The number of nitrogens with one attached hydrogen (secondary N) is 1. The van der Waals surface area contributed by atoms with Crippen LogP contribution in [0.4, 0.5) is 4.79 Å². The minimum Gasteiger partial charge on any atom is -0.497 e. The Bertz CT molecular complexity index is 1300. The van der Waals surface area contributed by atoms with Crippen molar-refractivity contribution in [3.05, 3.63) is 90.3 Å². The van der Waals surface area contributed by atoms with Crippen LogP contribution < -0.4 is 10.2 Å². The van der Waals surface area contributed by atoms with Crippen molar-refractivity contribution in [2.24, 2.45) is 5.10 Å². The van der Waals surface area contributed by atoms with Gasteiger partial charge in [0.1, 0.15) is 12.1 Å². The summed E-state index contributed by atoms with van der Waals surface area (Å²) in [5.74, 6) is 1.44. The second-order valence-electron chi connectivity index (χ2n) is 7.60. The Morgan fingerprint density at radius 2 is 1.97 bits per heavy atom. The first-order chi connectivity index (χ1) is 15.7. The van der Waals surface area contributed by atoms with Gasteiger partial charge in [-0.3, -0.25) is 9.36 Å². The normalized spacial score (nSPS) is 14.7. The monoisotopic (exact) mass is 442 g/mol. The zero-order chi connectivity index (χ0) is 21.9. The molecule has 32 heavy (non-hydrogen) atoms. The molecule has 0 radical (unpaired) electrons. The maximum absolute atomic E-state index is 11.6. The summed E-state index contributed by atoms with van der Waals surface area (Å²) < 4.78 is 7.43. The van der Waals surface area contributed by atoms with Crippen molar-refractivity contribution in [3.63, 3.8) is 0 Å². The molecule has 6 nitrogen and oxygen atoms in total. The summed E-state index contributed by atoms with van der Waals surface area (Å²) in [6.07, 6.45) is 2.64. The van der Waals surface area contributed by atoms with E-state index >= 15 is 0 Å². The number of fused-ring (bicyclic) bond motifs is 1. The molecule has 0 saturated carbocycles. The van der Waals surface area contributed by atoms with E-state index in [1.807, 2.05) is 48.8 Å². The standard InChI is InChI=1S/C25H22N4O2S/c1-31-20-9-5-8-19(14-20)29-16-26-22-13-18(10-11-24(22)29)21(12-17-6-3-2-4-7-17)23-15-32-25(30)28-27-23/h2-11,13-14,16,21H,12,15H2,1H3,(H,28,30). The van der Waals surface area contributed by atoms with E-state index in [2.05, 4.69) is 50.4 Å². The molecule has 1 N–H and O–H groups in total. The van der Waals surface area contributed by atoms with E-state index in [0.717, 1.165) is 40.2 Å². The average Bonchev–Trinajstić information content (AvgIpc) is 3.27. The lowest BCUT2D eigenvalue weighted by Gasteiger charge is -2.22. The fourth-order valence-corrected chi connectivity index (χ4v) is 4.65. The Morgan fingerprint density at radius 3 is 2.75 bits per heavy atom. The molecule has 1 aliphatic heterocycles. The molecular weight excluding hydrogens is 420 g/mol. The van der Waals surface area contributed by atoms with Crippen molar-refractivity contribution in [1.82, 2.24) is 15.0 Å². The van der Waals surface area contributed by atoms with Gasteiger partial charge < -0.3 is 4.74 Å². The van der Waals surface area contributed by atoms with Crippen molar-refractivity contribution in [1.29, 1.82) is 0 Å². The second kappa shape index (κ2) is 8.88.